The van der Waals surface area contributed by atoms with Crippen LogP contribution in [0, 0.1) is 6.92 Å². The van der Waals surface area contributed by atoms with E-state index in [0.29, 0.717) is 35.4 Å². The van der Waals surface area contributed by atoms with Gasteiger partial charge in [0.05, 0.1) is 22.8 Å². The Morgan fingerprint density at radius 3 is 2.61 bits per heavy atom. The number of halogens is 2. The SMILES string of the molecule is COc1cc(N2CCN(C(=O)Cn3cc(-c4ccnc(CN)c4)c(Cl)c3C)CC2)ccc1Cl. The maximum absolute atomic E-state index is 13.0. The molecule has 7 nitrogen and oxygen atoms in total. The highest BCUT2D eigenvalue weighted by atomic mass is 35.5. The van der Waals surface area contributed by atoms with Gasteiger partial charge in [-0.25, -0.2) is 0 Å². The van der Waals surface area contributed by atoms with E-state index in [4.69, 9.17) is 33.7 Å². The van der Waals surface area contributed by atoms with Crippen LogP contribution < -0.4 is 15.4 Å². The molecule has 3 heterocycles. The van der Waals surface area contributed by atoms with Crippen molar-refractivity contribution in [3.8, 4) is 16.9 Å². The van der Waals surface area contributed by atoms with Crippen molar-refractivity contribution in [3.63, 3.8) is 0 Å². The zero-order valence-electron chi connectivity index (χ0n) is 18.7. The predicted octanol–water partition coefficient (Wildman–Crippen LogP) is 3.98. The lowest BCUT2D eigenvalue weighted by Crippen LogP contribution is -2.49. The second-order valence-electron chi connectivity index (χ2n) is 8.00. The number of nitrogens with zero attached hydrogens (tertiary/aromatic N) is 4. The van der Waals surface area contributed by atoms with Crippen molar-refractivity contribution in [3.05, 3.63) is 64.2 Å². The van der Waals surface area contributed by atoms with Gasteiger partial charge in [0.25, 0.3) is 0 Å². The van der Waals surface area contributed by atoms with E-state index < -0.39 is 0 Å². The number of piperazine rings is 1. The fraction of sp³-hybridized carbons (Fsp3) is 0.333. The number of nitrogens with two attached hydrogens (primary N) is 1. The zero-order chi connectivity index (χ0) is 23.5. The molecule has 0 radical (unpaired) electrons. The highest BCUT2D eigenvalue weighted by Crippen LogP contribution is 2.33. The molecule has 1 aromatic carbocycles. The van der Waals surface area contributed by atoms with Gasteiger partial charge >= 0.3 is 0 Å². The number of pyridine rings is 1. The normalized spacial score (nSPS) is 14.0. The summed E-state index contributed by atoms with van der Waals surface area (Å²) in [6.45, 7) is 5.31. The molecule has 2 aromatic heterocycles. The summed E-state index contributed by atoms with van der Waals surface area (Å²) < 4.78 is 7.24. The third-order valence-corrected chi connectivity index (χ3v) is 6.83. The minimum Gasteiger partial charge on any atom is -0.495 e. The van der Waals surface area contributed by atoms with Crippen molar-refractivity contribution in [2.75, 3.05) is 38.2 Å². The van der Waals surface area contributed by atoms with E-state index in [0.717, 1.165) is 41.3 Å². The molecule has 0 aliphatic carbocycles. The molecule has 1 aliphatic rings. The molecular weight excluding hydrogens is 461 g/mol. The highest BCUT2D eigenvalue weighted by Gasteiger charge is 2.23. The van der Waals surface area contributed by atoms with Crippen LogP contribution in [0.2, 0.25) is 10.0 Å². The van der Waals surface area contributed by atoms with Gasteiger partial charge < -0.3 is 24.8 Å². The first-order valence-electron chi connectivity index (χ1n) is 10.8. The Hall–Kier alpha value is -2.74. The number of anilines is 1. The predicted molar refractivity (Wildman–Crippen MR) is 132 cm³/mol. The van der Waals surface area contributed by atoms with Gasteiger partial charge in [-0.3, -0.25) is 9.78 Å². The molecule has 0 spiro atoms. The molecule has 1 saturated heterocycles. The lowest BCUT2D eigenvalue weighted by molar-refractivity contribution is -0.132. The standard InChI is InChI=1S/C24H27Cl2N5O2/c1-16-24(26)20(17-5-6-28-18(11-17)13-27)14-31(16)15-23(32)30-9-7-29(8-10-30)19-3-4-21(25)22(12-19)33-2/h3-6,11-12,14H,7-10,13,15,27H2,1-2H3. The third-order valence-electron chi connectivity index (χ3n) is 6.04. The molecule has 0 saturated carbocycles. The average molecular weight is 488 g/mol. The summed E-state index contributed by atoms with van der Waals surface area (Å²) in [5.41, 5.74) is 10.2. The molecule has 4 rings (SSSR count). The lowest BCUT2D eigenvalue weighted by atomic mass is 10.1. The molecular formula is C24H27Cl2N5O2. The number of amides is 1. The summed E-state index contributed by atoms with van der Waals surface area (Å²) in [5.74, 6) is 0.721. The van der Waals surface area contributed by atoms with Crippen molar-refractivity contribution in [2.24, 2.45) is 5.73 Å². The number of carbonyl (C=O) groups is 1. The molecule has 1 amide bonds. The second kappa shape index (κ2) is 10.0. The Labute approximate surface area is 203 Å². The molecule has 174 valence electrons. The Balaban J connectivity index is 1.42. The Bertz CT molecular complexity index is 1160. The Kier molecular flexibility index (Phi) is 7.12. The van der Waals surface area contributed by atoms with Crippen LogP contribution in [-0.2, 0) is 17.9 Å². The van der Waals surface area contributed by atoms with Crippen LogP contribution in [0.25, 0.3) is 11.1 Å². The van der Waals surface area contributed by atoms with E-state index in [1.807, 2.05) is 52.9 Å². The fourth-order valence-electron chi connectivity index (χ4n) is 4.06. The van der Waals surface area contributed by atoms with Gasteiger partial charge in [0.1, 0.15) is 12.3 Å². The van der Waals surface area contributed by atoms with Gasteiger partial charge in [0, 0.05) is 68.1 Å². The van der Waals surface area contributed by atoms with Gasteiger partial charge in [-0.05, 0) is 36.8 Å². The van der Waals surface area contributed by atoms with E-state index in [1.54, 1.807) is 13.3 Å². The van der Waals surface area contributed by atoms with Crippen molar-refractivity contribution in [1.82, 2.24) is 14.5 Å². The molecule has 0 unspecified atom stereocenters. The van der Waals surface area contributed by atoms with Gasteiger partial charge in [-0.1, -0.05) is 23.2 Å². The van der Waals surface area contributed by atoms with E-state index in [-0.39, 0.29) is 12.5 Å². The van der Waals surface area contributed by atoms with Crippen molar-refractivity contribution in [2.45, 2.75) is 20.0 Å². The maximum atomic E-state index is 13.0. The summed E-state index contributed by atoms with van der Waals surface area (Å²) >= 11 is 12.8. The minimum atomic E-state index is 0.0713. The van der Waals surface area contributed by atoms with E-state index in [9.17, 15) is 4.79 Å². The van der Waals surface area contributed by atoms with Gasteiger partial charge in [0.15, 0.2) is 0 Å². The van der Waals surface area contributed by atoms with Crippen LogP contribution in [-0.4, -0.2) is 53.6 Å². The number of benzene rings is 1. The van der Waals surface area contributed by atoms with Gasteiger partial charge in [-0.2, -0.15) is 0 Å². The third kappa shape index (κ3) is 4.95. The number of carbonyl (C=O) groups excluding carboxylic acids is 1. The van der Waals surface area contributed by atoms with Crippen molar-refractivity contribution < 1.29 is 9.53 Å². The second-order valence-corrected chi connectivity index (χ2v) is 8.78. The molecule has 0 atom stereocenters. The molecule has 0 bridgehead atoms. The summed E-state index contributed by atoms with van der Waals surface area (Å²) in [6.07, 6.45) is 3.66. The molecule has 33 heavy (non-hydrogen) atoms. The van der Waals surface area contributed by atoms with Crippen LogP contribution in [0.15, 0.2) is 42.7 Å². The van der Waals surface area contributed by atoms with Crippen LogP contribution >= 0.6 is 23.2 Å². The van der Waals surface area contributed by atoms with Crippen LogP contribution in [0.4, 0.5) is 5.69 Å². The molecule has 2 N–H and O–H groups in total. The van der Waals surface area contributed by atoms with Gasteiger partial charge in [0.2, 0.25) is 5.91 Å². The summed E-state index contributed by atoms with van der Waals surface area (Å²) in [5, 5.41) is 1.22. The van der Waals surface area contributed by atoms with E-state index in [2.05, 4.69) is 9.88 Å². The Morgan fingerprint density at radius 2 is 1.91 bits per heavy atom. The highest BCUT2D eigenvalue weighted by molar-refractivity contribution is 6.34. The first-order chi connectivity index (χ1) is 15.9. The zero-order valence-corrected chi connectivity index (χ0v) is 20.2. The molecule has 1 fully saturated rings. The topological polar surface area (TPSA) is 76.6 Å². The van der Waals surface area contributed by atoms with Crippen molar-refractivity contribution in [1.29, 1.82) is 0 Å². The van der Waals surface area contributed by atoms with Gasteiger partial charge in [-0.15, -0.1) is 0 Å². The molecule has 9 heteroatoms. The largest absolute Gasteiger partial charge is 0.495 e. The van der Waals surface area contributed by atoms with Crippen molar-refractivity contribution >= 4 is 34.8 Å². The van der Waals surface area contributed by atoms with E-state index >= 15 is 0 Å². The number of ether oxygens (including phenoxy) is 1. The monoisotopic (exact) mass is 487 g/mol. The van der Waals surface area contributed by atoms with Crippen LogP contribution in [0.1, 0.15) is 11.4 Å². The quantitative estimate of drug-likeness (QED) is 0.568. The number of methoxy groups -OCH3 is 1. The summed E-state index contributed by atoms with van der Waals surface area (Å²) in [6, 6.07) is 9.57. The average Bonchev–Trinajstić information content (AvgIpc) is 3.13. The molecule has 1 aliphatic heterocycles. The fourth-order valence-corrected chi connectivity index (χ4v) is 4.52. The Morgan fingerprint density at radius 1 is 1.15 bits per heavy atom. The minimum absolute atomic E-state index is 0.0713. The van der Waals surface area contributed by atoms with Crippen LogP contribution in [0.5, 0.6) is 5.75 Å². The van der Waals surface area contributed by atoms with Crippen LogP contribution in [0.3, 0.4) is 0 Å². The molecule has 3 aromatic rings. The number of hydrogen-bond acceptors (Lipinski definition) is 5. The summed E-state index contributed by atoms with van der Waals surface area (Å²) in [7, 11) is 1.61. The number of hydrogen-bond donors (Lipinski definition) is 1. The summed E-state index contributed by atoms with van der Waals surface area (Å²) in [4.78, 5) is 21.4. The number of aromatic nitrogens is 2. The lowest BCUT2D eigenvalue weighted by Gasteiger charge is -2.36. The first kappa shape index (κ1) is 23.4. The maximum Gasteiger partial charge on any atom is 0.242 e. The first-order valence-corrected chi connectivity index (χ1v) is 11.5. The van der Waals surface area contributed by atoms with E-state index in [1.165, 1.54) is 0 Å². The smallest absolute Gasteiger partial charge is 0.242 e. The number of rotatable bonds is 6.